The molecule has 0 heterocycles. The van der Waals surface area contributed by atoms with E-state index >= 15 is 0 Å². The molecule has 0 atom stereocenters. The molecule has 160 valence electrons. The van der Waals surface area contributed by atoms with E-state index in [0.717, 1.165) is 49.1 Å². The van der Waals surface area contributed by atoms with E-state index in [1.807, 2.05) is 24.3 Å². The Kier molecular flexibility index (Phi) is 6.34. The van der Waals surface area contributed by atoms with Gasteiger partial charge in [0.25, 0.3) is 0 Å². The van der Waals surface area contributed by atoms with Gasteiger partial charge < -0.3 is 15.4 Å². The highest BCUT2D eigenvalue weighted by molar-refractivity contribution is 6.39. The highest BCUT2D eigenvalue weighted by Crippen LogP contribution is 2.41. The summed E-state index contributed by atoms with van der Waals surface area (Å²) in [7, 11) is 1.59. The summed E-state index contributed by atoms with van der Waals surface area (Å²) in [5.41, 5.74) is -0.210. The van der Waals surface area contributed by atoms with Crippen molar-refractivity contribution in [1.29, 1.82) is 0 Å². The SMILES string of the molecule is COc1ccc(C2(CNC(=O)C(=O)Nc3cccc(C(F)(F)F)c3)CCCC2)cc1. The number of hydrogen-bond acceptors (Lipinski definition) is 3. The van der Waals surface area contributed by atoms with Crippen LogP contribution in [0.15, 0.2) is 48.5 Å². The van der Waals surface area contributed by atoms with Crippen molar-refractivity contribution < 1.29 is 27.5 Å². The van der Waals surface area contributed by atoms with Gasteiger partial charge in [-0.2, -0.15) is 13.2 Å². The van der Waals surface area contributed by atoms with Crippen molar-refractivity contribution in [3.8, 4) is 5.75 Å². The maximum atomic E-state index is 12.8. The lowest BCUT2D eigenvalue weighted by Crippen LogP contribution is -2.43. The minimum absolute atomic E-state index is 0.0873. The van der Waals surface area contributed by atoms with E-state index in [-0.39, 0.29) is 17.6 Å². The van der Waals surface area contributed by atoms with Crippen LogP contribution in [0.2, 0.25) is 0 Å². The summed E-state index contributed by atoms with van der Waals surface area (Å²) in [6.45, 7) is 0.272. The Hall–Kier alpha value is -3.03. The second-order valence-corrected chi connectivity index (χ2v) is 7.43. The quantitative estimate of drug-likeness (QED) is 0.710. The first-order valence-corrected chi connectivity index (χ1v) is 9.64. The molecule has 1 aliphatic carbocycles. The fraction of sp³-hybridized carbons (Fsp3) is 0.364. The number of methoxy groups -OCH3 is 1. The Balaban J connectivity index is 1.65. The highest BCUT2D eigenvalue weighted by Gasteiger charge is 2.36. The number of alkyl halides is 3. The molecule has 0 spiro atoms. The third kappa shape index (κ3) is 4.93. The van der Waals surface area contributed by atoms with Crippen molar-refractivity contribution in [1.82, 2.24) is 5.32 Å². The van der Waals surface area contributed by atoms with Gasteiger partial charge in [-0.3, -0.25) is 9.59 Å². The lowest BCUT2D eigenvalue weighted by atomic mass is 9.78. The zero-order valence-corrected chi connectivity index (χ0v) is 16.5. The third-order valence-corrected chi connectivity index (χ3v) is 5.50. The van der Waals surface area contributed by atoms with E-state index in [1.54, 1.807) is 7.11 Å². The van der Waals surface area contributed by atoms with Crippen molar-refractivity contribution in [2.45, 2.75) is 37.3 Å². The highest BCUT2D eigenvalue weighted by atomic mass is 19.4. The summed E-state index contributed by atoms with van der Waals surface area (Å²) < 4.78 is 43.6. The third-order valence-electron chi connectivity index (χ3n) is 5.50. The summed E-state index contributed by atoms with van der Waals surface area (Å²) in [6, 6.07) is 11.8. The normalized spacial score (nSPS) is 15.5. The molecular formula is C22H23F3N2O3. The van der Waals surface area contributed by atoms with Gasteiger partial charge in [0, 0.05) is 17.6 Å². The van der Waals surface area contributed by atoms with Gasteiger partial charge in [-0.1, -0.05) is 31.0 Å². The zero-order chi connectivity index (χ0) is 21.8. The molecule has 0 unspecified atom stereocenters. The van der Waals surface area contributed by atoms with E-state index in [9.17, 15) is 22.8 Å². The Labute approximate surface area is 172 Å². The van der Waals surface area contributed by atoms with Crippen LogP contribution in [0, 0.1) is 0 Å². The van der Waals surface area contributed by atoms with E-state index in [1.165, 1.54) is 12.1 Å². The predicted octanol–water partition coefficient (Wildman–Crippen LogP) is 4.28. The van der Waals surface area contributed by atoms with Crippen molar-refractivity contribution in [2.24, 2.45) is 0 Å². The molecule has 2 N–H and O–H groups in total. The molecule has 30 heavy (non-hydrogen) atoms. The van der Waals surface area contributed by atoms with Gasteiger partial charge in [-0.15, -0.1) is 0 Å². The average molecular weight is 420 g/mol. The largest absolute Gasteiger partial charge is 0.497 e. The smallest absolute Gasteiger partial charge is 0.416 e. The van der Waals surface area contributed by atoms with Crippen molar-refractivity contribution >= 4 is 17.5 Å². The number of benzene rings is 2. The molecule has 1 fully saturated rings. The van der Waals surface area contributed by atoms with Crippen LogP contribution in [0.1, 0.15) is 36.8 Å². The summed E-state index contributed by atoms with van der Waals surface area (Å²) in [6.07, 6.45) is -0.767. The van der Waals surface area contributed by atoms with Gasteiger partial charge >= 0.3 is 18.0 Å². The predicted molar refractivity (Wildman–Crippen MR) is 106 cm³/mol. The molecule has 0 radical (unpaired) electrons. The van der Waals surface area contributed by atoms with E-state index in [4.69, 9.17) is 4.74 Å². The van der Waals surface area contributed by atoms with Gasteiger partial charge in [-0.05, 0) is 48.7 Å². The summed E-state index contributed by atoms with van der Waals surface area (Å²) in [5.74, 6) is -1.15. The number of halogens is 3. The number of hydrogen-bond donors (Lipinski definition) is 2. The van der Waals surface area contributed by atoms with Gasteiger partial charge in [-0.25, -0.2) is 0 Å². The van der Waals surface area contributed by atoms with E-state index < -0.39 is 23.6 Å². The summed E-state index contributed by atoms with van der Waals surface area (Å²) >= 11 is 0. The molecule has 2 aromatic carbocycles. The molecule has 1 saturated carbocycles. The second-order valence-electron chi connectivity index (χ2n) is 7.43. The first-order valence-electron chi connectivity index (χ1n) is 9.64. The van der Waals surface area contributed by atoms with Crippen LogP contribution in [-0.2, 0) is 21.2 Å². The zero-order valence-electron chi connectivity index (χ0n) is 16.5. The van der Waals surface area contributed by atoms with Gasteiger partial charge in [0.05, 0.1) is 12.7 Å². The molecule has 2 amide bonds. The second kappa shape index (κ2) is 8.77. The number of nitrogens with one attached hydrogen (secondary N) is 2. The number of rotatable bonds is 5. The van der Waals surface area contributed by atoms with Crippen molar-refractivity contribution in [3.05, 3.63) is 59.7 Å². The van der Waals surface area contributed by atoms with Crippen LogP contribution in [0.4, 0.5) is 18.9 Å². The molecule has 0 aliphatic heterocycles. The minimum atomic E-state index is -4.53. The van der Waals surface area contributed by atoms with E-state index in [0.29, 0.717) is 0 Å². The number of amides is 2. The maximum absolute atomic E-state index is 12.8. The first kappa shape index (κ1) is 21.7. The van der Waals surface area contributed by atoms with Crippen LogP contribution in [0.3, 0.4) is 0 Å². The molecule has 2 aromatic rings. The maximum Gasteiger partial charge on any atom is 0.416 e. The van der Waals surface area contributed by atoms with Crippen LogP contribution in [0.5, 0.6) is 5.75 Å². The van der Waals surface area contributed by atoms with Crippen LogP contribution < -0.4 is 15.4 Å². The van der Waals surface area contributed by atoms with Crippen LogP contribution in [-0.4, -0.2) is 25.5 Å². The Morgan fingerprint density at radius 2 is 1.70 bits per heavy atom. The summed E-state index contributed by atoms with van der Waals surface area (Å²) in [4.78, 5) is 24.5. The van der Waals surface area contributed by atoms with Crippen molar-refractivity contribution in [3.63, 3.8) is 0 Å². The molecule has 0 bridgehead atoms. The van der Waals surface area contributed by atoms with Gasteiger partial charge in [0.1, 0.15) is 5.75 Å². The lowest BCUT2D eigenvalue weighted by molar-refractivity contribution is -0.137. The molecule has 1 aliphatic rings. The summed E-state index contributed by atoms with van der Waals surface area (Å²) in [5, 5.41) is 4.88. The van der Waals surface area contributed by atoms with Crippen LogP contribution >= 0.6 is 0 Å². The Bertz CT molecular complexity index is 905. The number of anilines is 1. The number of carbonyl (C=O) groups is 2. The average Bonchev–Trinajstić information content (AvgIpc) is 3.22. The molecule has 3 rings (SSSR count). The lowest BCUT2D eigenvalue weighted by Gasteiger charge is -2.30. The van der Waals surface area contributed by atoms with E-state index in [2.05, 4.69) is 10.6 Å². The standard InChI is InChI=1S/C22H23F3N2O3/c1-30-18-9-7-15(8-10-18)21(11-2-3-12-21)14-26-19(28)20(29)27-17-6-4-5-16(13-17)22(23,24)25/h4-10,13H,2-3,11-12,14H2,1H3,(H,26,28)(H,27,29). The first-order chi connectivity index (χ1) is 14.2. The minimum Gasteiger partial charge on any atom is -0.497 e. The monoisotopic (exact) mass is 420 g/mol. The van der Waals surface area contributed by atoms with Crippen molar-refractivity contribution in [2.75, 3.05) is 19.0 Å². The molecule has 0 aromatic heterocycles. The molecule has 5 nitrogen and oxygen atoms in total. The Morgan fingerprint density at radius 3 is 2.30 bits per heavy atom. The molecule has 8 heteroatoms. The van der Waals surface area contributed by atoms with Crippen LogP contribution in [0.25, 0.3) is 0 Å². The Morgan fingerprint density at radius 1 is 1.03 bits per heavy atom. The number of carbonyl (C=O) groups excluding carboxylic acids is 2. The van der Waals surface area contributed by atoms with Gasteiger partial charge in [0.2, 0.25) is 0 Å². The molecular weight excluding hydrogens is 397 g/mol. The topological polar surface area (TPSA) is 67.4 Å². The van der Waals surface area contributed by atoms with Gasteiger partial charge in [0.15, 0.2) is 0 Å². The fourth-order valence-corrected chi connectivity index (χ4v) is 3.85. The number of ether oxygens (including phenoxy) is 1. The molecule has 0 saturated heterocycles. The fourth-order valence-electron chi connectivity index (χ4n) is 3.85.